The van der Waals surface area contributed by atoms with E-state index in [1.165, 1.54) is 57.1 Å². The number of Topliss-reactive ketones (excluding diaryl/α,β-unsaturated/α-hetero) is 4. The van der Waals surface area contributed by atoms with E-state index in [4.69, 9.17) is 18.9 Å². The van der Waals surface area contributed by atoms with Crippen LogP contribution >= 0.6 is 45.3 Å². The Labute approximate surface area is 694 Å². The van der Waals surface area contributed by atoms with Crippen LogP contribution in [-0.2, 0) is 0 Å². The number of benzene rings is 2. The van der Waals surface area contributed by atoms with Gasteiger partial charge in [0.1, 0.15) is 80.8 Å². The van der Waals surface area contributed by atoms with Crippen LogP contribution in [0.3, 0.4) is 0 Å². The van der Waals surface area contributed by atoms with Crippen molar-refractivity contribution >= 4 is 114 Å². The Bertz CT molecular complexity index is 6240. The third-order valence-electron chi connectivity index (χ3n) is 28.3. The Hall–Kier alpha value is -10.8. The SMILES string of the molecule is N#CC(C#N)=C1C=C(c2cc3c(s2)C2=CC4C=C5C(=CC4C=C2C2(CCCCC2)O3)c2sc(C3=CC(=C(C#N)C#N)CCC3)cc2OC52CCCC(C3CCC4(CC3)Oc3cc(C=C5C(=O)c6cc(F)c(F)cc6C5=O)sc3C3=CC5C=C6C(=CC5C=C34)c3sc(C=C4C(=O)c5cc(F)c(F)cc5C4=O)cc3OC63CCCCC3)C2)CCC1. The summed E-state index contributed by atoms with van der Waals surface area (Å²) in [6, 6.07) is 20.0. The van der Waals surface area contributed by atoms with Gasteiger partial charge in [0.25, 0.3) is 0 Å². The van der Waals surface area contributed by atoms with Crippen LogP contribution in [0.1, 0.15) is 235 Å². The fourth-order valence-corrected chi connectivity index (χ4v) is 27.2. The number of nitriles is 4. The van der Waals surface area contributed by atoms with Gasteiger partial charge >= 0.3 is 0 Å². The van der Waals surface area contributed by atoms with Crippen molar-refractivity contribution in [3.05, 3.63) is 250 Å². The third kappa shape index (κ3) is 11.3. The molecule has 4 aliphatic heterocycles. The van der Waals surface area contributed by atoms with Crippen molar-refractivity contribution < 1.29 is 55.7 Å². The Morgan fingerprint density at radius 2 is 0.712 bits per heavy atom. The maximum Gasteiger partial charge on any atom is 0.197 e. The van der Waals surface area contributed by atoms with Crippen LogP contribution in [0.4, 0.5) is 17.6 Å². The summed E-state index contributed by atoms with van der Waals surface area (Å²) in [5, 5.41) is 40.0. The van der Waals surface area contributed by atoms with Crippen molar-refractivity contribution in [3.8, 4) is 47.3 Å². The topological polar surface area (TPSA) is 200 Å². The number of halogens is 4. The van der Waals surface area contributed by atoms with Gasteiger partial charge in [0.2, 0.25) is 0 Å². The predicted octanol–water partition coefficient (Wildman–Crippen LogP) is 23.9. The van der Waals surface area contributed by atoms with E-state index in [2.05, 4.69) is 97.2 Å². The molecule has 22 rings (SSSR count). The van der Waals surface area contributed by atoms with Gasteiger partial charge in [-0.2, -0.15) is 21.0 Å². The van der Waals surface area contributed by atoms with Gasteiger partial charge in [0, 0.05) is 87.7 Å². The molecule has 12 aliphatic carbocycles. The predicted molar refractivity (Wildman–Crippen MR) is 445 cm³/mol. The van der Waals surface area contributed by atoms with Crippen LogP contribution in [0, 0.1) is 104 Å². The second kappa shape index (κ2) is 27.4. The zero-order valence-electron chi connectivity index (χ0n) is 64.2. The highest BCUT2D eigenvalue weighted by Crippen LogP contribution is 2.65. The standard InChI is InChI=1S/C98H74F4N4O8S4/c99-77-38-63-64(39-78(77)100)88(108)71(87(63)107)34-61-36-81-91(115-61)67-26-56-32-75-68(27-55(56)30-73(67)95(111-81)17-3-1-4-18-95)92-82(37-62(116-92)35-72-89(109)65-40-79(101)80(102)41-66(65)90(72)110)112-97(75)22-15-49(16-23-97)54-14-9-21-98(44-54)76-33-58-28-69-74(31-57(58)29-70(76)94-84(114-98)43-86(118-94)53-13-8-11-51(25-53)60(47-105)48-106)96(19-5-2-6-20-96)113-83-42-85(117-93(69)83)52-12-7-10-50(24-52)59(45-103)46-104/h24-43,49,54-58H,1-23,44H2. The Kier molecular flexibility index (Phi) is 17.0. The Balaban J connectivity index is 0.624. The van der Waals surface area contributed by atoms with Crippen LogP contribution in [0.5, 0.6) is 23.0 Å². The molecule has 2 aromatic carbocycles. The summed E-state index contributed by atoms with van der Waals surface area (Å²) >= 11 is 6.32. The molecule has 8 heterocycles. The van der Waals surface area contributed by atoms with E-state index in [1.807, 2.05) is 12.1 Å². The van der Waals surface area contributed by atoms with Crippen molar-refractivity contribution in [3.63, 3.8) is 0 Å². The van der Waals surface area contributed by atoms with E-state index in [9.17, 15) is 57.8 Å². The molecule has 4 aromatic heterocycles. The number of carbonyl (C=O) groups excluding carboxylic acids is 4. The van der Waals surface area contributed by atoms with Crippen molar-refractivity contribution in [2.45, 2.75) is 177 Å². The first kappa shape index (κ1) is 73.5. The number of hydrogen-bond acceptors (Lipinski definition) is 16. The molecule has 20 heteroatoms. The molecule has 0 saturated heterocycles. The summed E-state index contributed by atoms with van der Waals surface area (Å²) < 4.78 is 88.7. The third-order valence-corrected chi connectivity index (χ3v) is 33.0. The monoisotopic (exact) mass is 1640 g/mol. The second-order valence-electron chi connectivity index (χ2n) is 34.8. The molecule has 0 radical (unpaired) electrons. The smallest absolute Gasteiger partial charge is 0.197 e. The lowest BCUT2D eigenvalue weighted by atomic mass is 9.60. The van der Waals surface area contributed by atoms with Crippen molar-refractivity contribution in [1.29, 1.82) is 21.0 Å². The minimum Gasteiger partial charge on any atom is -0.481 e. The largest absolute Gasteiger partial charge is 0.481 e. The highest BCUT2D eigenvalue weighted by molar-refractivity contribution is 7.16. The number of fused-ring (bicyclic) bond motifs is 20. The van der Waals surface area contributed by atoms with E-state index in [0.29, 0.717) is 46.9 Å². The summed E-state index contributed by atoms with van der Waals surface area (Å²) in [5.41, 5.74) is 9.52. The van der Waals surface area contributed by atoms with Gasteiger partial charge in [-0.3, -0.25) is 19.2 Å². The van der Waals surface area contributed by atoms with Gasteiger partial charge in [-0.25, -0.2) is 17.6 Å². The molecule has 4 fully saturated rings. The molecule has 16 aliphatic rings. The molecule has 12 nitrogen and oxygen atoms in total. The minimum atomic E-state index is -1.21. The molecule has 6 aromatic rings. The van der Waals surface area contributed by atoms with Gasteiger partial charge in [-0.15, -0.1) is 45.3 Å². The summed E-state index contributed by atoms with van der Waals surface area (Å²) in [6.45, 7) is 0. The molecule has 4 saturated carbocycles. The zero-order chi connectivity index (χ0) is 80.2. The number of ether oxygens (including phenoxy) is 4. The van der Waals surface area contributed by atoms with Gasteiger partial charge in [-0.1, -0.05) is 73.6 Å². The average Bonchev–Trinajstić information content (AvgIpc) is 1.25. The molecule has 0 amide bonds. The van der Waals surface area contributed by atoms with Crippen molar-refractivity contribution in [2.75, 3.05) is 0 Å². The molecule has 118 heavy (non-hydrogen) atoms. The number of ketones is 4. The van der Waals surface area contributed by atoms with Gasteiger partial charge in [0.05, 0.1) is 30.7 Å². The molecule has 0 N–H and O–H groups in total. The number of carbonyl (C=O) groups is 4. The first-order valence-electron chi connectivity index (χ1n) is 41.5. The lowest BCUT2D eigenvalue weighted by Gasteiger charge is -2.52. The maximum atomic E-state index is 14.7. The lowest BCUT2D eigenvalue weighted by Crippen LogP contribution is -2.50. The quantitative estimate of drug-likeness (QED) is 0.0685. The maximum absolute atomic E-state index is 14.7. The molecular weight excluding hydrogens is 1570 g/mol. The van der Waals surface area contributed by atoms with Crippen LogP contribution in [0.25, 0.3) is 45.6 Å². The number of thiophene rings is 4. The highest BCUT2D eigenvalue weighted by atomic mass is 32.1. The van der Waals surface area contributed by atoms with Gasteiger partial charge < -0.3 is 18.9 Å². The molecular formula is C98H74F4N4O8S4. The summed E-state index contributed by atoms with van der Waals surface area (Å²) in [7, 11) is 0. The molecule has 6 atom stereocenters. The minimum absolute atomic E-state index is 0.00313. The van der Waals surface area contributed by atoms with Crippen molar-refractivity contribution in [2.24, 2.45) is 35.5 Å². The van der Waals surface area contributed by atoms with E-state index in [0.717, 1.165) is 238 Å². The lowest BCUT2D eigenvalue weighted by molar-refractivity contribution is -0.00448. The fourth-order valence-electron chi connectivity index (χ4n) is 22.7. The van der Waals surface area contributed by atoms with Gasteiger partial charge in [0.15, 0.2) is 46.4 Å². The Morgan fingerprint density at radius 3 is 1.09 bits per heavy atom. The number of hydrogen-bond donors (Lipinski definition) is 0. The molecule has 586 valence electrons. The number of allylic oxidation sites excluding steroid dienone is 18. The first-order valence-corrected chi connectivity index (χ1v) is 44.8. The normalized spacial score (nSPS) is 27.3. The Morgan fingerprint density at radius 1 is 0.373 bits per heavy atom. The average molecular weight is 1640 g/mol. The second-order valence-corrected chi connectivity index (χ2v) is 39.1. The van der Waals surface area contributed by atoms with Crippen LogP contribution in [-0.4, -0.2) is 45.5 Å². The molecule has 0 bridgehead atoms. The first-order chi connectivity index (χ1) is 57.3. The summed E-state index contributed by atoms with van der Waals surface area (Å²) in [5.74, 6) is -4.22. The van der Waals surface area contributed by atoms with Crippen LogP contribution < -0.4 is 18.9 Å². The fraction of sp³-hybridized carbons (Fsp3) is 0.347. The van der Waals surface area contributed by atoms with Crippen LogP contribution in [0.15, 0.2) is 165 Å². The zero-order valence-corrected chi connectivity index (χ0v) is 67.4. The van der Waals surface area contributed by atoms with E-state index in [-0.39, 0.29) is 80.1 Å². The number of rotatable bonds is 5. The summed E-state index contributed by atoms with van der Waals surface area (Å²) in [6.07, 6.45) is 47.7. The number of nitrogens with zero attached hydrogens (tertiary/aromatic N) is 4. The molecule has 6 unspecified atom stereocenters. The van der Waals surface area contributed by atoms with Gasteiger partial charge in [-0.05, 0) is 258 Å². The van der Waals surface area contributed by atoms with E-state index in [1.54, 1.807) is 22.7 Å². The van der Waals surface area contributed by atoms with E-state index >= 15 is 0 Å². The van der Waals surface area contributed by atoms with E-state index < -0.39 is 68.8 Å². The molecule has 4 spiro atoms. The summed E-state index contributed by atoms with van der Waals surface area (Å²) in [4.78, 5) is 63.0. The van der Waals surface area contributed by atoms with Crippen molar-refractivity contribution in [1.82, 2.24) is 0 Å². The van der Waals surface area contributed by atoms with Crippen LogP contribution in [0.2, 0.25) is 0 Å². The highest BCUT2D eigenvalue weighted by Gasteiger charge is 2.57.